The van der Waals surface area contributed by atoms with Crippen LogP contribution in [0.15, 0.2) is 15.9 Å². The predicted molar refractivity (Wildman–Crippen MR) is 46.1 cm³/mol. The molecule has 2 aromatic rings. The quantitative estimate of drug-likeness (QED) is 0.518. The van der Waals surface area contributed by atoms with Crippen molar-refractivity contribution in [1.82, 2.24) is 19.3 Å². The fraction of sp³-hybridized carbons (Fsp3) is 0. The standard InChI is InChI=1S/C5H5N4O2P/c10-4-2-3(7-5(11)8-4)9(12)1-6-2/h1H,12H2,(H2,7,8,10,11). The number of nitrogens with zero attached hydrogens (tertiary/aromatic N) is 2. The SMILES string of the molecule is O=c1[nH]c(=O)c2ncn(P)c2[nH]1. The van der Waals surface area contributed by atoms with Crippen molar-refractivity contribution in [3.8, 4) is 0 Å². The van der Waals surface area contributed by atoms with Gasteiger partial charge in [0.25, 0.3) is 5.56 Å². The highest BCUT2D eigenvalue weighted by Crippen LogP contribution is 2.04. The van der Waals surface area contributed by atoms with Crippen LogP contribution in [0.25, 0.3) is 11.2 Å². The Morgan fingerprint density at radius 1 is 1.42 bits per heavy atom. The van der Waals surface area contributed by atoms with E-state index in [1.807, 2.05) is 0 Å². The summed E-state index contributed by atoms with van der Waals surface area (Å²) in [6.07, 6.45) is 1.43. The summed E-state index contributed by atoms with van der Waals surface area (Å²) in [6.45, 7) is 0. The second-order valence-electron chi connectivity index (χ2n) is 2.26. The van der Waals surface area contributed by atoms with E-state index in [4.69, 9.17) is 0 Å². The highest BCUT2D eigenvalue weighted by molar-refractivity contribution is 7.14. The van der Waals surface area contributed by atoms with Gasteiger partial charge in [0.05, 0.1) is 0 Å². The van der Waals surface area contributed by atoms with Crippen LogP contribution in [0.3, 0.4) is 0 Å². The second kappa shape index (κ2) is 2.28. The van der Waals surface area contributed by atoms with E-state index in [9.17, 15) is 9.59 Å². The van der Waals surface area contributed by atoms with Crippen LogP contribution < -0.4 is 11.2 Å². The van der Waals surface area contributed by atoms with Gasteiger partial charge >= 0.3 is 5.69 Å². The Kier molecular flexibility index (Phi) is 1.38. The molecule has 0 bridgehead atoms. The minimum absolute atomic E-state index is 0.226. The zero-order valence-corrected chi connectivity index (χ0v) is 7.02. The first-order chi connectivity index (χ1) is 5.68. The van der Waals surface area contributed by atoms with E-state index in [2.05, 4.69) is 24.3 Å². The van der Waals surface area contributed by atoms with Gasteiger partial charge < -0.3 is 4.34 Å². The number of aromatic amines is 2. The molecule has 0 aliphatic carbocycles. The molecule has 7 heteroatoms. The fourth-order valence-corrected chi connectivity index (χ4v) is 1.21. The molecule has 0 fully saturated rings. The van der Waals surface area contributed by atoms with E-state index in [1.165, 1.54) is 10.7 Å². The number of imidazole rings is 1. The molecule has 0 aliphatic heterocycles. The number of hydrogen-bond donors (Lipinski definition) is 2. The monoisotopic (exact) mass is 184 g/mol. The van der Waals surface area contributed by atoms with E-state index in [0.29, 0.717) is 5.65 Å². The van der Waals surface area contributed by atoms with Gasteiger partial charge in [-0.1, -0.05) is 0 Å². The Morgan fingerprint density at radius 2 is 2.17 bits per heavy atom. The molecule has 12 heavy (non-hydrogen) atoms. The summed E-state index contributed by atoms with van der Waals surface area (Å²) >= 11 is 0. The van der Waals surface area contributed by atoms with Crippen LogP contribution in [-0.4, -0.2) is 19.3 Å². The van der Waals surface area contributed by atoms with Crippen LogP contribution in [0.5, 0.6) is 0 Å². The van der Waals surface area contributed by atoms with Crippen LogP contribution >= 0.6 is 9.39 Å². The van der Waals surface area contributed by atoms with Gasteiger partial charge in [-0.15, -0.1) is 0 Å². The van der Waals surface area contributed by atoms with Gasteiger partial charge in [0.1, 0.15) is 12.0 Å². The number of nitrogens with one attached hydrogen (secondary N) is 2. The third-order valence-electron chi connectivity index (χ3n) is 1.47. The van der Waals surface area contributed by atoms with Gasteiger partial charge in [0.15, 0.2) is 5.52 Å². The van der Waals surface area contributed by atoms with Crippen molar-refractivity contribution in [3.05, 3.63) is 27.2 Å². The largest absolute Gasteiger partial charge is 0.327 e. The van der Waals surface area contributed by atoms with Crippen LogP contribution in [0.1, 0.15) is 0 Å². The smallest absolute Gasteiger partial charge is 0.301 e. The molecule has 0 amide bonds. The Hall–Kier alpha value is -1.42. The van der Waals surface area contributed by atoms with Gasteiger partial charge in [-0.25, -0.2) is 9.78 Å². The third kappa shape index (κ3) is 0.887. The van der Waals surface area contributed by atoms with Crippen molar-refractivity contribution in [2.75, 3.05) is 0 Å². The Bertz CT molecular complexity index is 536. The number of H-pyrrole nitrogens is 2. The fourth-order valence-electron chi connectivity index (χ4n) is 0.952. The minimum Gasteiger partial charge on any atom is -0.301 e. The molecule has 0 aromatic carbocycles. The Balaban J connectivity index is 3.13. The van der Waals surface area contributed by atoms with E-state index in [-0.39, 0.29) is 5.52 Å². The molecular formula is C5H5N4O2P. The van der Waals surface area contributed by atoms with E-state index in [0.717, 1.165) is 0 Å². The van der Waals surface area contributed by atoms with Crippen LogP contribution in [0.4, 0.5) is 0 Å². The molecule has 0 saturated carbocycles. The Morgan fingerprint density at radius 3 is 2.92 bits per heavy atom. The molecule has 6 nitrogen and oxygen atoms in total. The normalized spacial score (nSPS) is 10.8. The van der Waals surface area contributed by atoms with Crippen molar-refractivity contribution in [1.29, 1.82) is 0 Å². The molecule has 0 saturated heterocycles. The molecule has 62 valence electrons. The summed E-state index contributed by atoms with van der Waals surface area (Å²) in [7, 11) is 2.31. The summed E-state index contributed by atoms with van der Waals surface area (Å²) in [4.78, 5) is 30.2. The molecule has 1 unspecified atom stereocenters. The molecule has 0 spiro atoms. The number of hydrogen-bond acceptors (Lipinski definition) is 3. The van der Waals surface area contributed by atoms with Crippen molar-refractivity contribution < 1.29 is 0 Å². The number of fused-ring (bicyclic) bond motifs is 1. The van der Waals surface area contributed by atoms with Crippen LogP contribution in [0, 0.1) is 0 Å². The van der Waals surface area contributed by atoms with Crippen molar-refractivity contribution in [2.24, 2.45) is 0 Å². The number of rotatable bonds is 0. The molecule has 2 heterocycles. The van der Waals surface area contributed by atoms with Crippen LogP contribution in [0.2, 0.25) is 0 Å². The second-order valence-corrected chi connectivity index (χ2v) is 2.81. The summed E-state index contributed by atoms with van der Waals surface area (Å²) in [5.41, 5.74) is -0.384. The highest BCUT2D eigenvalue weighted by Gasteiger charge is 2.03. The summed E-state index contributed by atoms with van der Waals surface area (Å²) in [5, 5.41) is 0. The lowest BCUT2D eigenvalue weighted by Crippen LogP contribution is -2.22. The zero-order chi connectivity index (χ0) is 8.72. The van der Waals surface area contributed by atoms with E-state index >= 15 is 0 Å². The van der Waals surface area contributed by atoms with Gasteiger partial charge in [0, 0.05) is 0 Å². The first kappa shape index (κ1) is 7.24. The highest BCUT2D eigenvalue weighted by atomic mass is 31.0. The molecule has 2 aromatic heterocycles. The maximum absolute atomic E-state index is 11.1. The average Bonchev–Trinajstić information content (AvgIpc) is 2.33. The third-order valence-corrected chi connectivity index (χ3v) is 1.86. The van der Waals surface area contributed by atoms with E-state index in [1.54, 1.807) is 0 Å². The molecule has 0 aliphatic rings. The van der Waals surface area contributed by atoms with Gasteiger partial charge in [-0.3, -0.25) is 14.8 Å². The topological polar surface area (TPSA) is 83.5 Å². The first-order valence-electron chi connectivity index (χ1n) is 3.13. The molecule has 0 radical (unpaired) electrons. The number of aromatic nitrogens is 4. The maximum atomic E-state index is 11.1. The van der Waals surface area contributed by atoms with Gasteiger partial charge in [-0.2, -0.15) is 0 Å². The molecule has 2 N–H and O–H groups in total. The maximum Gasteiger partial charge on any atom is 0.327 e. The zero-order valence-electron chi connectivity index (χ0n) is 5.87. The van der Waals surface area contributed by atoms with Crippen molar-refractivity contribution in [3.63, 3.8) is 0 Å². The van der Waals surface area contributed by atoms with Crippen LogP contribution in [-0.2, 0) is 0 Å². The molecule has 2 rings (SSSR count). The average molecular weight is 184 g/mol. The summed E-state index contributed by atoms with van der Waals surface area (Å²) < 4.78 is 1.49. The van der Waals surface area contributed by atoms with Crippen molar-refractivity contribution in [2.45, 2.75) is 0 Å². The van der Waals surface area contributed by atoms with Gasteiger partial charge in [-0.05, 0) is 9.39 Å². The minimum atomic E-state index is -0.531. The molecule has 1 atom stereocenters. The lowest BCUT2D eigenvalue weighted by Gasteiger charge is -1.90. The lowest BCUT2D eigenvalue weighted by atomic mass is 10.5. The van der Waals surface area contributed by atoms with Gasteiger partial charge in [0.2, 0.25) is 0 Å². The first-order valence-corrected chi connectivity index (χ1v) is 3.65. The lowest BCUT2D eigenvalue weighted by molar-refractivity contribution is 1.06. The predicted octanol–water partition coefficient (Wildman–Crippen LogP) is -0.949. The summed E-state index contributed by atoms with van der Waals surface area (Å²) in [5.74, 6) is 0. The van der Waals surface area contributed by atoms with Crippen molar-refractivity contribution >= 4 is 20.6 Å². The summed E-state index contributed by atoms with van der Waals surface area (Å²) in [6, 6.07) is 0. The molecular weight excluding hydrogens is 179 g/mol. The Labute approximate surface area is 67.9 Å². The van der Waals surface area contributed by atoms with E-state index < -0.39 is 11.2 Å².